The first kappa shape index (κ1) is 16.6. The highest BCUT2D eigenvalue weighted by atomic mass is 32.2. The highest BCUT2D eigenvalue weighted by Gasteiger charge is 2.33. The van der Waals surface area contributed by atoms with E-state index in [0.717, 1.165) is 34.4 Å². The molecular formula is C19H20N2O2S. The predicted molar refractivity (Wildman–Crippen MR) is 98.3 cm³/mol. The molecule has 2 aromatic rings. The third kappa shape index (κ3) is 2.80. The van der Waals surface area contributed by atoms with Gasteiger partial charge >= 0.3 is 0 Å². The minimum absolute atomic E-state index is 0.193. The molecule has 1 aromatic carbocycles. The van der Waals surface area contributed by atoms with Gasteiger partial charge in [0.2, 0.25) is 0 Å². The molecule has 1 saturated heterocycles. The zero-order valence-corrected chi connectivity index (χ0v) is 15.1. The van der Waals surface area contributed by atoms with Gasteiger partial charge in [0.15, 0.2) is 0 Å². The van der Waals surface area contributed by atoms with Gasteiger partial charge in [-0.25, -0.2) is 0 Å². The van der Waals surface area contributed by atoms with E-state index in [4.69, 9.17) is 0 Å². The summed E-state index contributed by atoms with van der Waals surface area (Å²) in [7, 11) is 0. The Morgan fingerprint density at radius 2 is 1.75 bits per heavy atom. The lowest BCUT2D eigenvalue weighted by Crippen LogP contribution is -2.27. The van der Waals surface area contributed by atoms with E-state index in [1.165, 1.54) is 10.5 Å². The minimum atomic E-state index is -0.201. The number of thioether (sulfide) groups is 1. The van der Waals surface area contributed by atoms with Crippen molar-refractivity contribution in [2.75, 3.05) is 6.54 Å². The molecule has 1 aliphatic heterocycles. The number of likely N-dealkylation sites (N-methyl/N-ethyl adjacent to an activating group) is 1. The Hall–Kier alpha value is -2.27. The molecular weight excluding hydrogens is 320 g/mol. The van der Waals surface area contributed by atoms with E-state index in [2.05, 4.69) is 41.8 Å². The molecule has 0 spiro atoms. The molecule has 5 heteroatoms. The van der Waals surface area contributed by atoms with Gasteiger partial charge in [-0.1, -0.05) is 17.7 Å². The van der Waals surface area contributed by atoms with Gasteiger partial charge in [0.25, 0.3) is 11.1 Å². The molecule has 2 amide bonds. The van der Waals surface area contributed by atoms with E-state index in [1.54, 1.807) is 0 Å². The standard InChI is InChI=1S/C19H20N2O2S/c1-5-20-18(22)17(24-19(20)23)11-15-10-13(3)21(14(15)4)16-8-6-12(2)7-9-16/h6-11H,5H2,1-4H3/b17-11-. The quantitative estimate of drug-likeness (QED) is 0.775. The Morgan fingerprint density at radius 1 is 1.08 bits per heavy atom. The molecule has 1 fully saturated rings. The summed E-state index contributed by atoms with van der Waals surface area (Å²) in [4.78, 5) is 25.9. The van der Waals surface area contributed by atoms with Crippen LogP contribution < -0.4 is 0 Å². The van der Waals surface area contributed by atoms with Gasteiger partial charge in [0.1, 0.15) is 0 Å². The molecule has 0 N–H and O–H groups in total. The zero-order chi connectivity index (χ0) is 17.4. The summed E-state index contributed by atoms with van der Waals surface area (Å²) in [5, 5.41) is -0.193. The monoisotopic (exact) mass is 340 g/mol. The summed E-state index contributed by atoms with van der Waals surface area (Å²) in [5.74, 6) is -0.201. The minimum Gasteiger partial charge on any atom is -0.318 e. The lowest BCUT2D eigenvalue weighted by Gasteiger charge is -2.10. The number of rotatable bonds is 3. The van der Waals surface area contributed by atoms with Crippen molar-refractivity contribution >= 4 is 29.0 Å². The molecule has 4 nitrogen and oxygen atoms in total. The molecule has 0 atom stereocenters. The number of aromatic nitrogens is 1. The molecule has 0 saturated carbocycles. The third-order valence-corrected chi connectivity index (χ3v) is 5.15. The fourth-order valence-corrected chi connectivity index (χ4v) is 3.83. The van der Waals surface area contributed by atoms with E-state index in [0.29, 0.717) is 11.4 Å². The van der Waals surface area contributed by atoms with Crippen molar-refractivity contribution in [3.8, 4) is 5.69 Å². The van der Waals surface area contributed by atoms with Gasteiger partial charge in [0, 0.05) is 23.6 Å². The fraction of sp³-hybridized carbons (Fsp3) is 0.263. The molecule has 0 bridgehead atoms. The van der Waals surface area contributed by atoms with Gasteiger partial charge in [-0.15, -0.1) is 0 Å². The fourth-order valence-electron chi connectivity index (χ4n) is 2.94. The lowest BCUT2D eigenvalue weighted by atomic mass is 10.2. The number of nitrogens with zero attached hydrogens (tertiary/aromatic N) is 2. The number of hydrogen-bond donors (Lipinski definition) is 0. The second-order valence-electron chi connectivity index (χ2n) is 5.92. The Bertz CT molecular complexity index is 847. The summed E-state index contributed by atoms with van der Waals surface area (Å²) in [6.45, 7) is 8.35. The second kappa shape index (κ2) is 6.32. The van der Waals surface area contributed by atoms with Crippen LogP contribution in [0.2, 0.25) is 0 Å². The van der Waals surface area contributed by atoms with E-state index in [1.807, 2.05) is 26.8 Å². The summed E-state index contributed by atoms with van der Waals surface area (Å²) >= 11 is 1.01. The van der Waals surface area contributed by atoms with Gasteiger partial charge in [-0.05, 0) is 69.3 Å². The van der Waals surface area contributed by atoms with Crippen LogP contribution >= 0.6 is 11.8 Å². The number of benzene rings is 1. The van der Waals surface area contributed by atoms with Gasteiger partial charge in [0.05, 0.1) is 4.91 Å². The van der Waals surface area contributed by atoms with Crippen LogP contribution in [-0.4, -0.2) is 27.2 Å². The maximum atomic E-state index is 12.3. The Labute approximate surface area is 146 Å². The van der Waals surface area contributed by atoms with Crippen LogP contribution in [0.4, 0.5) is 4.79 Å². The Kier molecular flexibility index (Phi) is 4.37. The first-order valence-corrected chi connectivity index (χ1v) is 8.75. The van der Waals surface area contributed by atoms with Gasteiger partial charge in [-0.3, -0.25) is 14.5 Å². The third-order valence-electron chi connectivity index (χ3n) is 4.24. The van der Waals surface area contributed by atoms with Crippen LogP contribution in [0.5, 0.6) is 0 Å². The number of carbonyl (C=O) groups excluding carboxylic acids is 2. The molecule has 2 heterocycles. The van der Waals surface area contributed by atoms with Crippen molar-refractivity contribution in [3.05, 3.63) is 57.8 Å². The topological polar surface area (TPSA) is 42.3 Å². The molecule has 0 aliphatic carbocycles. The molecule has 0 radical (unpaired) electrons. The van der Waals surface area contributed by atoms with Crippen LogP contribution in [0, 0.1) is 20.8 Å². The van der Waals surface area contributed by atoms with Crippen LogP contribution in [0.3, 0.4) is 0 Å². The second-order valence-corrected chi connectivity index (χ2v) is 6.92. The Morgan fingerprint density at radius 3 is 2.33 bits per heavy atom. The molecule has 0 unspecified atom stereocenters. The van der Waals surface area contributed by atoms with Crippen LogP contribution in [-0.2, 0) is 4.79 Å². The maximum absolute atomic E-state index is 12.3. The average molecular weight is 340 g/mol. The van der Waals surface area contributed by atoms with Crippen molar-refractivity contribution in [3.63, 3.8) is 0 Å². The lowest BCUT2D eigenvalue weighted by molar-refractivity contribution is -0.122. The van der Waals surface area contributed by atoms with Crippen molar-refractivity contribution in [1.82, 2.24) is 9.47 Å². The summed E-state index contributed by atoms with van der Waals surface area (Å²) in [6.07, 6.45) is 1.83. The Balaban J connectivity index is 2.01. The molecule has 3 rings (SSSR count). The number of aryl methyl sites for hydroxylation is 2. The SMILES string of the molecule is CCN1C(=O)S/C(=C\c2cc(C)n(-c3ccc(C)cc3)c2C)C1=O. The average Bonchev–Trinajstić information content (AvgIpc) is 2.97. The van der Waals surface area contributed by atoms with Crippen LogP contribution in [0.1, 0.15) is 29.4 Å². The predicted octanol–water partition coefficient (Wildman–Crippen LogP) is 4.46. The molecule has 1 aromatic heterocycles. The first-order valence-electron chi connectivity index (χ1n) is 7.93. The van der Waals surface area contributed by atoms with Crippen LogP contribution in [0.25, 0.3) is 11.8 Å². The van der Waals surface area contributed by atoms with Crippen LogP contribution in [0.15, 0.2) is 35.2 Å². The zero-order valence-electron chi connectivity index (χ0n) is 14.3. The largest absolute Gasteiger partial charge is 0.318 e. The van der Waals surface area contributed by atoms with Crippen molar-refractivity contribution < 1.29 is 9.59 Å². The highest BCUT2D eigenvalue weighted by molar-refractivity contribution is 8.18. The van der Waals surface area contributed by atoms with E-state index >= 15 is 0 Å². The van der Waals surface area contributed by atoms with Crippen molar-refractivity contribution in [2.24, 2.45) is 0 Å². The normalized spacial score (nSPS) is 16.5. The highest BCUT2D eigenvalue weighted by Crippen LogP contribution is 2.33. The number of carbonyl (C=O) groups is 2. The van der Waals surface area contributed by atoms with Gasteiger partial charge in [-0.2, -0.15) is 0 Å². The van der Waals surface area contributed by atoms with E-state index in [9.17, 15) is 9.59 Å². The maximum Gasteiger partial charge on any atom is 0.293 e. The summed E-state index contributed by atoms with van der Waals surface area (Å²) < 4.78 is 2.16. The number of imide groups is 1. The van der Waals surface area contributed by atoms with Crippen molar-refractivity contribution in [1.29, 1.82) is 0 Å². The molecule has 124 valence electrons. The molecule has 1 aliphatic rings. The summed E-state index contributed by atoms with van der Waals surface area (Å²) in [5.41, 5.74) is 5.43. The first-order chi connectivity index (χ1) is 11.4. The van der Waals surface area contributed by atoms with Crippen molar-refractivity contribution in [2.45, 2.75) is 27.7 Å². The summed E-state index contributed by atoms with van der Waals surface area (Å²) in [6, 6.07) is 10.4. The van der Waals surface area contributed by atoms with E-state index in [-0.39, 0.29) is 11.1 Å². The smallest absolute Gasteiger partial charge is 0.293 e. The van der Waals surface area contributed by atoms with Gasteiger partial charge < -0.3 is 4.57 Å². The number of amides is 2. The molecule has 24 heavy (non-hydrogen) atoms. The van der Waals surface area contributed by atoms with E-state index < -0.39 is 0 Å². The number of hydrogen-bond acceptors (Lipinski definition) is 3.